The lowest BCUT2D eigenvalue weighted by molar-refractivity contribution is 1.07. The summed E-state index contributed by atoms with van der Waals surface area (Å²) in [6, 6.07) is 68.6. The number of hydrogen-bond donors (Lipinski definition) is 0. The van der Waals surface area contributed by atoms with E-state index in [-0.39, 0.29) is 0 Å². The minimum atomic E-state index is 0.616. The van der Waals surface area contributed by atoms with Crippen LogP contribution in [0.5, 0.6) is 0 Å². The number of hydrogen-bond acceptors (Lipinski definition) is 5. The highest BCUT2D eigenvalue weighted by Gasteiger charge is 2.19. The smallest absolute Gasteiger partial charge is 0.164 e. The fourth-order valence-corrected chi connectivity index (χ4v) is 9.92. The molecule has 0 saturated heterocycles. The molecule has 0 aliphatic rings. The quantitative estimate of drug-likeness (QED) is 0.164. The summed E-state index contributed by atoms with van der Waals surface area (Å²) in [4.78, 5) is 20.6. The Morgan fingerprint density at radius 2 is 0.763 bits per heavy atom. The van der Waals surface area contributed by atoms with Crippen LogP contribution in [0.4, 0.5) is 0 Å². The second kappa shape index (κ2) is 13.5. The topological polar surface area (TPSA) is 51.6 Å². The van der Waals surface area contributed by atoms with Crippen LogP contribution in [-0.2, 0) is 0 Å². The summed E-state index contributed by atoms with van der Waals surface area (Å²) in [5, 5.41) is 11.1. The van der Waals surface area contributed by atoms with E-state index in [4.69, 9.17) is 19.9 Å². The lowest BCUT2D eigenvalue weighted by Gasteiger charge is -2.13. The Kier molecular flexibility index (Phi) is 7.68. The second-order valence-electron chi connectivity index (χ2n) is 15.0. The van der Waals surface area contributed by atoms with Gasteiger partial charge in [0.1, 0.15) is 0 Å². The Morgan fingerprint density at radius 3 is 1.41 bits per heavy atom. The molecule has 3 heterocycles. The maximum absolute atomic E-state index is 5.55. The number of nitrogens with zero attached hydrogens (tertiary/aromatic N) is 4. The minimum Gasteiger partial charge on any atom is -0.247 e. The standard InChI is InChI=1S/C54H32N4S/c1-3-14-33(15-4-1)52-56-53(34-16-5-2-6-17-34)58-54(57-52)38-19-13-18-37(30-38)50-49-45-24-11-12-25-48(45)59-51(49)44-29-27-36(32-47(44)55-50)35-26-28-43-41-22-8-7-20-39(41)40-21-9-10-23-42(40)46(43)31-35/h1-32H. The molecule has 0 N–H and O–H groups in total. The summed E-state index contributed by atoms with van der Waals surface area (Å²) < 4.78 is 2.47. The predicted molar refractivity (Wildman–Crippen MR) is 248 cm³/mol. The Labute approximate surface area is 343 Å². The van der Waals surface area contributed by atoms with Crippen molar-refractivity contribution >= 4 is 74.7 Å². The first-order chi connectivity index (χ1) is 29.2. The van der Waals surface area contributed by atoms with Gasteiger partial charge in [-0.3, -0.25) is 0 Å². The van der Waals surface area contributed by atoms with Crippen molar-refractivity contribution in [3.05, 3.63) is 194 Å². The van der Waals surface area contributed by atoms with Crippen LogP contribution in [0.25, 0.3) is 120 Å². The summed E-state index contributed by atoms with van der Waals surface area (Å²) in [7, 11) is 0. The minimum absolute atomic E-state index is 0.616. The van der Waals surface area contributed by atoms with Crippen molar-refractivity contribution in [2.24, 2.45) is 0 Å². The van der Waals surface area contributed by atoms with Gasteiger partial charge in [0.25, 0.3) is 0 Å². The van der Waals surface area contributed by atoms with Gasteiger partial charge in [-0.15, -0.1) is 11.3 Å². The Morgan fingerprint density at radius 1 is 0.288 bits per heavy atom. The summed E-state index contributed by atoms with van der Waals surface area (Å²) in [5.41, 5.74) is 8.00. The van der Waals surface area contributed by atoms with Gasteiger partial charge in [0.2, 0.25) is 0 Å². The molecule has 274 valence electrons. The monoisotopic (exact) mass is 768 g/mol. The molecule has 5 heteroatoms. The molecule has 0 bridgehead atoms. The molecule has 59 heavy (non-hydrogen) atoms. The zero-order valence-electron chi connectivity index (χ0n) is 31.7. The molecule has 4 nitrogen and oxygen atoms in total. The van der Waals surface area contributed by atoms with Crippen molar-refractivity contribution in [3.8, 4) is 56.5 Å². The highest BCUT2D eigenvalue weighted by Crippen LogP contribution is 2.44. The van der Waals surface area contributed by atoms with Crippen LogP contribution in [0.15, 0.2) is 194 Å². The largest absolute Gasteiger partial charge is 0.247 e. The molecule has 0 aliphatic carbocycles. The van der Waals surface area contributed by atoms with E-state index in [0.29, 0.717) is 17.5 Å². The molecule has 0 unspecified atom stereocenters. The van der Waals surface area contributed by atoms with Gasteiger partial charge in [0.15, 0.2) is 17.5 Å². The van der Waals surface area contributed by atoms with Gasteiger partial charge in [-0.1, -0.05) is 170 Å². The molecule has 0 aliphatic heterocycles. The van der Waals surface area contributed by atoms with E-state index >= 15 is 0 Å². The average Bonchev–Trinajstić information content (AvgIpc) is 3.71. The first-order valence-electron chi connectivity index (χ1n) is 19.8. The number of thiophene rings is 1. The first-order valence-corrected chi connectivity index (χ1v) is 20.6. The maximum atomic E-state index is 5.55. The molecule has 0 spiro atoms. The van der Waals surface area contributed by atoms with Crippen LogP contribution in [0, 0.1) is 0 Å². The van der Waals surface area contributed by atoms with Gasteiger partial charge in [-0.05, 0) is 67.7 Å². The molecular weight excluding hydrogens is 737 g/mol. The van der Waals surface area contributed by atoms with Crippen molar-refractivity contribution in [2.45, 2.75) is 0 Å². The lowest BCUT2D eigenvalue weighted by Crippen LogP contribution is -2.00. The molecule has 12 rings (SSSR count). The Balaban J connectivity index is 1.05. The SMILES string of the molecule is c1ccc(-c2nc(-c3ccccc3)nc(-c3cccc(-c4nc5cc(-c6ccc7c8ccccc8c8ccccc8c7c6)ccc5c5sc6ccccc6c45)c3)n2)cc1. The summed E-state index contributed by atoms with van der Waals surface area (Å²) in [5.74, 6) is 1.89. The zero-order valence-corrected chi connectivity index (χ0v) is 32.5. The van der Waals surface area contributed by atoms with E-state index in [0.717, 1.165) is 49.8 Å². The van der Waals surface area contributed by atoms with E-state index in [1.807, 2.05) is 72.0 Å². The van der Waals surface area contributed by atoms with Gasteiger partial charge < -0.3 is 0 Å². The summed E-state index contributed by atoms with van der Waals surface area (Å²) in [6.07, 6.45) is 0. The fourth-order valence-electron chi connectivity index (χ4n) is 8.68. The lowest BCUT2D eigenvalue weighted by atomic mass is 9.92. The summed E-state index contributed by atoms with van der Waals surface area (Å²) >= 11 is 1.83. The van der Waals surface area contributed by atoms with Crippen molar-refractivity contribution in [3.63, 3.8) is 0 Å². The van der Waals surface area contributed by atoms with Crippen molar-refractivity contribution in [1.82, 2.24) is 19.9 Å². The van der Waals surface area contributed by atoms with E-state index in [1.54, 1.807) is 0 Å². The molecule has 0 radical (unpaired) electrons. The van der Waals surface area contributed by atoms with Gasteiger partial charge >= 0.3 is 0 Å². The number of pyridine rings is 1. The normalized spacial score (nSPS) is 11.7. The Bertz CT molecular complexity index is 3520. The third kappa shape index (κ3) is 5.58. The van der Waals surface area contributed by atoms with Crippen LogP contribution >= 0.6 is 11.3 Å². The molecule has 0 saturated carbocycles. The molecule has 0 fully saturated rings. The molecule has 12 aromatic rings. The molecule has 3 aromatic heterocycles. The molecule has 0 amide bonds. The number of benzene rings is 9. The highest BCUT2D eigenvalue weighted by atomic mass is 32.1. The Hall–Kier alpha value is -7.60. The first kappa shape index (κ1) is 33.5. The third-order valence-electron chi connectivity index (χ3n) is 11.5. The van der Waals surface area contributed by atoms with E-state index in [2.05, 4.69) is 133 Å². The van der Waals surface area contributed by atoms with E-state index < -0.39 is 0 Å². The maximum Gasteiger partial charge on any atom is 0.164 e. The van der Waals surface area contributed by atoms with Crippen LogP contribution in [0.3, 0.4) is 0 Å². The van der Waals surface area contributed by atoms with Crippen LogP contribution < -0.4 is 0 Å². The highest BCUT2D eigenvalue weighted by molar-refractivity contribution is 7.26. The predicted octanol–water partition coefficient (Wildman–Crippen LogP) is 14.6. The van der Waals surface area contributed by atoms with Gasteiger partial charge in [0.05, 0.1) is 11.2 Å². The molecule has 0 atom stereocenters. The molecular formula is C54H32N4S. The summed E-state index contributed by atoms with van der Waals surface area (Å²) in [6.45, 7) is 0. The number of fused-ring (bicyclic) bond motifs is 11. The average molecular weight is 769 g/mol. The van der Waals surface area contributed by atoms with Crippen LogP contribution in [-0.4, -0.2) is 19.9 Å². The fraction of sp³-hybridized carbons (Fsp3) is 0. The third-order valence-corrected chi connectivity index (χ3v) is 12.7. The van der Waals surface area contributed by atoms with Gasteiger partial charge in [0, 0.05) is 47.8 Å². The number of rotatable bonds is 5. The van der Waals surface area contributed by atoms with Crippen LogP contribution in [0.2, 0.25) is 0 Å². The van der Waals surface area contributed by atoms with Crippen molar-refractivity contribution in [1.29, 1.82) is 0 Å². The second-order valence-corrected chi connectivity index (χ2v) is 16.0. The molecule has 9 aromatic carbocycles. The van der Waals surface area contributed by atoms with Crippen LogP contribution in [0.1, 0.15) is 0 Å². The van der Waals surface area contributed by atoms with E-state index in [1.165, 1.54) is 52.7 Å². The van der Waals surface area contributed by atoms with Gasteiger partial charge in [-0.25, -0.2) is 19.9 Å². The van der Waals surface area contributed by atoms with Crippen molar-refractivity contribution < 1.29 is 0 Å². The van der Waals surface area contributed by atoms with Crippen molar-refractivity contribution in [2.75, 3.05) is 0 Å². The van der Waals surface area contributed by atoms with E-state index in [9.17, 15) is 0 Å². The number of aromatic nitrogens is 4. The zero-order chi connectivity index (χ0) is 38.9. The van der Waals surface area contributed by atoms with Gasteiger partial charge in [-0.2, -0.15) is 0 Å².